The van der Waals surface area contributed by atoms with Crippen LogP contribution in [0.3, 0.4) is 0 Å². The predicted molar refractivity (Wildman–Crippen MR) is 84.8 cm³/mol. The van der Waals surface area contributed by atoms with Crippen LogP contribution in [0.25, 0.3) is 0 Å². The van der Waals surface area contributed by atoms with E-state index in [1.54, 1.807) is 12.1 Å². The highest BCUT2D eigenvalue weighted by Gasteiger charge is 2.25. The average Bonchev–Trinajstić information content (AvgIpc) is 2.48. The lowest BCUT2D eigenvalue weighted by Crippen LogP contribution is -2.46. The number of benzene rings is 1. The summed E-state index contributed by atoms with van der Waals surface area (Å²) in [5, 5.41) is 0. The van der Waals surface area contributed by atoms with E-state index in [9.17, 15) is 13.2 Å². The van der Waals surface area contributed by atoms with E-state index in [4.69, 9.17) is 5.73 Å². The van der Waals surface area contributed by atoms with E-state index in [1.807, 2.05) is 24.0 Å². The Hall–Kier alpha value is -1.44. The van der Waals surface area contributed by atoms with Crippen molar-refractivity contribution in [2.75, 3.05) is 19.6 Å². The van der Waals surface area contributed by atoms with Gasteiger partial charge in [-0.15, -0.1) is 0 Å². The molecule has 1 fully saturated rings. The highest BCUT2D eigenvalue weighted by molar-refractivity contribution is 7.89. The van der Waals surface area contributed by atoms with Gasteiger partial charge < -0.3 is 5.73 Å². The van der Waals surface area contributed by atoms with Crippen molar-refractivity contribution in [3.05, 3.63) is 29.8 Å². The quantitative estimate of drug-likeness (QED) is 0.795. The number of carbonyl (C=O) groups excluding carboxylic acids is 1. The second-order valence-electron chi connectivity index (χ2n) is 5.64. The van der Waals surface area contributed by atoms with Gasteiger partial charge >= 0.3 is 0 Å². The maximum Gasteiger partial charge on any atom is 0.240 e. The van der Waals surface area contributed by atoms with E-state index < -0.39 is 10.0 Å². The zero-order valence-electron chi connectivity index (χ0n) is 12.8. The molecular weight excluding hydrogens is 302 g/mol. The first kappa shape index (κ1) is 16.9. The third-order valence-electron chi connectivity index (χ3n) is 3.93. The van der Waals surface area contributed by atoms with Crippen molar-refractivity contribution in [1.29, 1.82) is 0 Å². The van der Waals surface area contributed by atoms with Gasteiger partial charge in [0.15, 0.2) is 0 Å². The first-order valence-corrected chi connectivity index (χ1v) is 9.01. The van der Waals surface area contributed by atoms with Crippen LogP contribution in [0.1, 0.15) is 25.3 Å². The largest absolute Gasteiger partial charge is 0.369 e. The van der Waals surface area contributed by atoms with Gasteiger partial charge in [0.1, 0.15) is 0 Å². The average molecular weight is 325 g/mol. The molecule has 0 bridgehead atoms. The summed E-state index contributed by atoms with van der Waals surface area (Å²) in [5.41, 5.74) is 6.28. The molecule has 2 rings (SSSR count). The standard InChI is InChI=1S/C15H23N3O3S/c1-2-12-3-5-14(6-4-12)22(20,21)17-13-7-9-18(10-8-13)11-15(16)19/h3-6,13,17H,2,7-11H2,1H3,(H2,16,19). The van der Waals surface area contributed by atoms with Crippen molar-refractivity contribution in [3.8, 4) is 0 Å². The second kappa shape index (κ2) is 7.21. The van der Waals surface area contributed by atoms with Crippen LogP contribution in [0, 0.1) is 0 Å². The van der Waals surface area contributed by atoms with Crippen LogP contribution in [-0.2, 0) is 21.2 Å². The number of carbonyl (C=O) groups is 1. The van der Waals surface area contributed by atoms with Crippen LogP contribution < -0.4 is 10.5 Å². The van der Waals surface area contributed by atoms with E-state index in [-0.39, 0.29) is 18.5 Å². The fourth-order valence-electron chi connectivity index (χ4n) is 2.62. The lowest BCUT2D eigenvalue weighted by molar-refractivity contribution is -0.119. The van der Waals surface area contributed by atoms with Crippen LogP contribution >= 0.6 is 0 Å². The molecule has 1 aliphatic heterocycles. The third-order valence-corrected chi connectivity index (χ3v) is 5.47. The molecule has 7 heteroatoms. The zero-order chi connectivity index (χ0) is 16.2. The smallest absolute Gasteiger partial charge is 0.240 e. The Balaban J connectivity index is 1.93. The van der Waals surface area contributed by atoms with Gasteiger partial charge in [-0.2, -0.15) is 0 Å². The summed E-state index contributed by atoms with van der Waals surface area (Å²) in [6, 6.07) is 6.86. The van der Waals surface area contributed by atoms with Gasteiger partial charge in [-0.25, -0.2) is 13.1 Å². The summed E-state index contributed by atoms with van der Waals surface area (Å²) >= 11 is 0. The van der Waals surface area contributed by atoms with Crippen LogP contribution in [0.4, 0.5) is 0 Å². The minimum atomic E-state index is -3.49. The monoisotopic (exact) mass is 325 g/mol. The number of nitrogens with two attached hydrogens (primary N) is 1. The normalized spacial score (nSPS) is 17.5. The fourth-order valence-corrected chi connectivity index (χ4v) is 3.93. The highest BCUT2D eigenvalue weighted by atomic mass is 32.2. The lowest BCUT2D eigenvalue weighted by atomic mass is 10.1. The first-order valence-electron chi connectivity index (χ1n) is 7.52. The van der Waals surface area contributed by atoms with Crippen molar-refractivity contribution in [2.24, 2.45) is 5.73 Å². The summed E-state index contributed by atoms with van der Waals surface area (Å²) in [5.74, 6) is -0.352. The summed E-state index contributed by atoms with van der Waals surface area (Å²) in [7, 11) is -3.49. The zero-order valence-corrected chi connectivity index (χ0v) is 13.6. The van der Waals surface area contributed by atoms with Crippen LogP contribution in [0.2, 0.25) is 0 Å². The Kier molecular flexibility index (Phi) is 5.55. The molecule has 1 heterocycles. The number of hydrogen-bond acceptors (Lipinski definition) is 4. The molecule has 122 valence electrons. The minimum absolute atomic E-state index is 0.0972. The first-order chi connectivity index (χ1) is 10.4. The van der Waals surface area contributed by atoms with Crippen molar-refractivity contribution in [1.82, 2.24) is 9.62 Å². The van der Waals surface area contributed by atoms with E-state index in [0.717, 1.165) is 12.0 Å². The Morgan fingerprint density at radius 3 is 2.36 bits per heavy atom. The summed E-state index contributed by atoms with van der Waals surface area (Å²) in [4.78, 5) is 13.1. The number of sulfonamides is 1. The number of likely N-dealkylation sites (tertiary alicyclic amines) is 1. The molecule has 0 radical (unpaired) electrons. The number of hydrogen-bond donors (Lipinski definition) is 2. The van der Waals surface area contributed by atoms with Gasteiger partial charge in [-0.1, -0.05) is 19.1 Å². The Labute approximate surface area is 131 Å². The van der Waals surface area contributed by atoms with E-state index in [2.05, 4.69) is 4.72 Å². The molecule has 6 nitrogen and oxygen atoms in total. The van der Waals surface area contributed by atoms with Crippen molar-refractivity contribution < 1.29 is 13.2 Å². The Morgan fingerprint density at radius 1 is 1.27 bits per heavy atom. The Morgan fingerprint density at radius 2 is 1.86 bits per heavy atom. The second-order valence-corrected chi connectivity index (χ2v) is 7.35. The topological polar surface area (TPSA) is 92.5 Å². The minimum Gasteiger partial charge on any atom is -0.369 e. The van der Waals surface area contributed by atoms with E-state index in [1.165, 1.54) is 0 Å². The summed E-state index contributed by atoms with van der Waals surface area (Å²) in [6.45, 7) is 3.61. The van der Waals surface area contributed by atoms with E-state index >= 15 is 0 Å². The van der Waals surface area contributed by atoms with Gasteiger partial charge in [0.2, 0.25) is 15.9 Å². The molecule has 0 aliphatic carbocycles. The van der Waals surface area contributed by atoms with Crippen LogP contribution in [0.15, 0.2) is 29.2 Å². The van der Waals surface area contributed by atoms with Gasteiger partial charge in [0.25, 0.3) is 0 Å². The molecule has 3 N–H and O–H groups in total. The maximum atomic E-state index is 12.4. The number of rotatable bonds is 6. The van der Waals surface area contributed by atoms with Gasteiger partial charge in [-0.3, -0.25) is 9.69 Å². The molecule has 0 unspecified atom stereocenters. The molecule has 0 saturated carbocycles. The summed E-state index contributed by atoms with van der Waals surface area (Å²) in [6.07, 6.45) is 2.24. The highest BCUT2D eigenvalue weighted by Crippen LogP contribution is 2.15. The molecule has 1 aliphatic rings. The molecule has 0 spiro atoms. The molecule has 1 amide bonds. The lowest BCUT2D eigenvalue weighted by Gasteiger charge is -2.31. The van der Waals surface area contributed by atoms with Crippen LogP contribution in [0.5, 0.6) is 0 Å². The maximum absolute atomic E-state index is 12.4. The number of nitrogens with one attached hydrogen (secondary N) is 1. The van der Waals surface area contributed by atoms with Gasteiger partial charge in [0.05, 0.1) is 11.4 Å². The third kappa shape index (κ3) is 4.53. The van der Waals surface area contributed by atoms with Crippen molar-refractivity contribution >= 4 is 15.9 Å². The SMILES string of the molecule is CCc1ccc(S(=O)(=O)NC2CCN(CC(N)=O)CC2)cc1. The van der Waals surface area contributed by atoms with E-state index in [0.29, 0.717) is 30.8 Å². The van der Waals surface area contributed by atoms with Crippen molar-refractivity contribution in [2.45, 2.75) is 37.1 Å². The van der Waals surface area contributed by atoms with Gasteiger partial charge in [-0.05, 0) is 37.0 Å². The number of primary amides is 1. The molecule has 0 atom stereocenters. The number of aryl methyl sites for hydroxylation is 1. The molecule has 22 heavy (non-hydrogen) atoms. The number of amides is 1. The van der Waals surface area contributed by atoms with Crippen LogP contribution in [-0.4, -0.2) is 44.9 Å². The molecule has 1 aromatic carbocycles. The number of nitrogens with zero attached hydrogens (tertiary/aromatic N) is 1. The molecule has 1 saturated heterocycles. The summed E-state index contributed by atoms with van der Waals surface area (Å²) < 4.78 is 27.5. The van der Waals surface area contributed by atoms with Crippen molar-refractivity contribution in [3.63, 3.8) is 0 Å². The Bertz CT molecular complexity index is 605. The molecular formula is C15H23N3O3S. The fraction of sp³-hybridized carbons (Fsp3) is 0.533. The van der Waals surface area contributed by atoms with Gasteiger partial charge in [0, 0.05) is 19.1 Å². The predicted octanol–water partition coefficient (Wildman–Crippen LogP) is 0.477. The molecule has 0 aromatic heterocycles. The molecule has 1 aromatic rings. The number of piperidine rings is 1.